The number of carboxylic acids is 1. The number of nitrogens with one attached hydrogen (secondary N) is 2. The topological polar surface area (TPSA) is 241 Å². The van der Waals surface area contributed by atoms with Gasteiger partial charge in [0.15, 0.2) is 11.5 Å². The van der Waals surface area contributed by atoms with E-state index in [4.69, 9.17) is 22.3 Å². The molecular formula is C31H29N9O6. The van der Waals surface area contributed by atoms with Gasteiger partial charge >= 0.3 is 5.97 Å². The van der Waals surface area contributed by atoms with E-state index in [1.54, 1.807) is 24.0 Å². The van der Waals surface area contributed by atoms with Crippen LogP contribution in [0.5, 0.6) is 0 Å². The molecule has 0 spiro atoms. The Morgan fingerprint density at radius 3 is 2.39 bits per heavy atom. The van der Waals surface area contributed by atoms with Crippen LogP contribution in [0.2, 0.25) is 0 Å². The summed E-state index contributed by atoms with van der Waals surface area (Å²) in [5.74, 6) is -2.40. The Hall–Kier alpha value is -6.25. The van der Waals surface area contributed by atoms with Crippen molar-refractivity contribution in [2.24, 2.45) is 0 Å². The second-order valence-corrected chi connectivity index (χ2v) is 11.0. The summed E-state index contributed by atoms with van der Waals surface area (Å²) in [5.41, 5.74) is 20.3. The molecule has 6 rings (SSSR count). The highest BCUT2D eigenvalue weighted by molar-refractivity contribution is 5.99. The lowest BCUT2D eigenvalue weighted by Crippen LogP contribution is -2.44. The van der Waals surface area contributed by atoms with E-state index in [0.29, 0.717) is 25.1 Å². The standard InChI is InChI=1S/C31H29N9O6/c1-14(16-4-6-18(7-5-16)30(45)46)36-29(44)21-11-20(37-27-26(33)38-31(34)40(21)27)28(43)35-12-15-2-3-17-8-9-39(13-19(17)10-15)23-22(32)24(41)25(23)42/h2-7,10-11,14H,8-9,12-13,32-33H2,1H3,(H2,34,38)(H,35,43)(H,36,44)(H,45,46)/t14-/m0/s1. The molecule has 0 radical (unpaired) electrons. The summed E-state index contributed by atoms with van der Waals surface area (Å²) in [6.45, 7) is 2.80. The van der Waals surface area contributed by atoms with Crippen LogP contribution in [0.25, 0.3) is 5.65 Å². The van der Waals surface area contributed by atoms with Gasteiger partial charge < -0.3 is 37.8 Å². The number of fused-ring (bicyclic) bond motifs is 2. The first-order valence-corrected chi connectivity index (χ1v) is 14.2. The molecule has 0 saturated heterocycles. The highest BCUT2D eigenvalue weighted by atomic mass is 16.4. The third kappa shape index (κ3) is 5.23. The Morgan fingerprint density at radius 1 is 0.957 bits per heavy atom. The van der Waals surface area contributed by atoms with Gasteiger partial charge in [-0.3, -0.25) is 23.6 Å². The zero-order valence-electron chi connectivity index (χ0n) is 24.5. The minimum Gasteiger partial charge on any atom is -0.478 e. The number of benzene rings is 2. The lowest BCUT2D eigenvalue weighted by atomic mass is 9.96. The second-order valence-electron chi connectivity index (χ2n) is 11.0. The average molecular weight is 624 g/mol. The molecule has 1 atom stereocenters. The number of amides is 2. The summed E-state index contributed by atoms with van der Waals surface area (Å²) in [6.07, 6.45) is 0.664. The molecule has 15 nitrogen and oxygen atoms in total. The van der Waals surface area contributed by atoms with Crippen molar-refractivity contribution < 1.29 is 19.5 Å². The lowest BCUT2D eigenvalue weighted by Gasteiger charge is -2.32. The Morgan fingerprint density at radius 2 is 1.70 bits per heavy atom. The summed E-state index contributed by atoms with van der Waals surface area (Å²) in [4.78, 5) is 71.7. The first-order valence-electron chi connectivity index (χ1n) is 14.2. The summed E-state index contributed by atoms with van der Waals surface area (Å²) >= 11 is 0. The zero-order chi connectivity index (χ0) is 32.9. The molecule has 1 aliphatic heterocycles. The SMILES string of the molecule is C[C@H](NC(=O)c1cc(C(=O)NCc2ccc3c(c2)CN(c2c(N)c(=O)c2=O)CC3)nc2c(N)nc(N)n12)c1ccc(C(=O)O)cc1. The van der Waals surface area contributed by atoms with Gasteiger partial charge in [-0.25, -0.2) is 9.78 Å². The van der Waals surface area contributed by atoms with E-state index in [0.717, 1.165) is 16.7 Å². The van der Waals surface area contributed by atoms with Crippen molar-refractivity contribution in [3.05, 3.63) is 108 Å². The number of hydrogen-bond acceptors (Lipinski definition) is 11. The van der Waals surface area contributed by atoms with Crippen LogP contribution in [-0.4, -0.2) is 43.8 Å². The molecule has 0 unspecified atom stereocenters. The number of carbonyl (C=O) groups is 3. The van der Waals surface area contributed by atoms with Gasteiger partial charge in [-0.2, -0.15) is 4.98 Å². The van der Waals surface area contributed by atoms with Crippen LogP contribution in [0.3, 0.4) is 0 Å². The number of nitrogens with two attached hydrogens (primary N) is 3. The van der Waals surface area contributed by atoms with E-state index in [9.17, 15) is 24.0 Å². The summed E-state index contributed by atoms with van der Waals surface area (Å²) in [5, 5.41) is 14.8. The number of carbonyl (C=O) groups excluding carboxylic acids is 2. The fourth-order valence-electron chi connectivity index (χ4n) is 5.58. The molecule has 5 aromatic rings. The molecule has 0 bridgehead atoms. The van der Waals surface area contributed by atoms with E-state index >= 15 is 0 Å². The molecule has 9 N–H and O–H groups in total. The molecule has 0 aliphatic carbocycles. The third-order valence-corrected chi connectivity index (χ3v) is 8.09. The third-order valence-electron chi connectivity index (χ3n) is 8.09. The molecule has 3 aromatic carbocycles. The van der Waals surface area contributed by atoms with E-state index in [1.807, 2.05) is 18.2 Å². The average Bonchev–Trinajstić information content (AvgIpc) is 3.35. The fraction of sp³-hybridized carbons (Fsp3) is 0.194. The van der Waals surface area contributed by atoms with E-state index in [1.165, 1.54) is 22.6 Å². The summed E-state index contributed by atoms with van der Waals surface area (Å²) in [7, 11) is 0. The van der Waals surface area contributed by atoms with Gasteiger partial charge in [0.25, 0.3) is 22.7 Å². The van der Waals surface area contributed by atoms with Gasteiger partial charge in [0.1, 0.15) is 22.8 Å². The monoisotopic (exact) mass is 623 g/mol. The molecule has 2 amide bonds. The first-order chi connectivity index (χ1) is 21.9. The number of aromatic carboxylic acids is 1. The maximum absolute atomic E-state index is 13.5. The number of nitrogens with zero attached hydrogens (tertiary/aromatic N) is 4. The van der Waals surface area contributed by atoms with Crippen molar-refractivity contribution in [3.8, 4) is 0 Å². The summed E-state index contributed by atoms with van der Waals surface area (Å²) < 4.78 is 1.25. The van der Waals surface area contributed by atoms with Gasteiger partial charge in [-0.1, -0.05) is 30.3 Å². The molecule has 1 aliphatic rings. The number of nitrogen functional groups attached to an aromatic ring is 3. The number of anilines is 4. The predicted molar refractivity (Wildman–Crippen MR) is 169 cm³/mol. The van der Waals surface area contributed by atoms with Crippen LogP contribution in [0.1, 0.15) is 66.6 Å². The molecule has 15 heteroatoms. The lowest BCUT2D eigenvalue weighted by molar-refractivity contribution is 0.0696. The minimum atomic E-state index is -1.07. The molecule has 0 fully saturated rings. The van der Waals surface area contributed by atoms with Crippen LogP contribution < -0.4 is 43.6 Å². The van der Waals surface area contributed by atoms with Crippen LogP contribution in [0, 0.1) is 0 Å². The first kappa shape index (κ1) is 29.8. The zero-order valence-corrected chi connectivity index (χ0v) is 24.5. The van der Waals surface area contributed by atoms with Crippen molar-refractivity contribution in [2.75, 3.05) is 28.6 Å². The molecule has 46 heavy (non-hydrogen) atoms. The predicted octanol–water partition coefficient (Wildman–Crippen LogP) is 0.754. The van der Waals surface area contributed by atoms with Gasteiger partial charge in [0, 0.05) is 19.6 Å². The van der Waals surface area contributed by atoms with Crippen molar-refractivity contribution in [1.82, 2.24) is 25.0 Å². The number of rotatable bonds is 8. The maximum Gasteiger partial charge on any atom is 0.335 e. The van der Waals surface area contributed by atoms with Crippen LogP contribution in [-0.2, 0) is 19.5 Å². The molecule has 234 valence electrons. The van der Waals surface area contributed by atoms with Gasteiger partial charge in [0.2, 0.25) is 5.95 Å². The van der Waals surface area contributed by atoms with Crippen molar-refractivity contribution in [3.63, 3.8) is 0 Å². The Labute approximate surface area is 260 Å². The number of hydrogen-bond donors (Lipinski definition) is 6. The Bertz CT molecular complexity index is 2130. The largest absolute Gasteiger partial charge is 0.478 e. The fourth-order valence-corrected chi connectivity index (χ4v) is 5.58. The highest BCUT2D eigenvalue weighted by Crippen LogP contribution is 2.27. The van der Waals surface area contributed by atoms with Gasteiger partial charge in [-0.05, 0) is 53.8 Å². The Kier molecular flexibility index (Phi) is 7.35. The van der Waals surface area contributed by atoms with Crippen molar-refractivity contribution >= 4 is 46.6 Å². The molecule has 2 aromatic heterocycles. The number of carboxylic acid groups (broad SMARTS) is 1. The Balaban J connectivity index is 1.20. The van der Waals surface area contributed by atoms with Crippen molar-refractivity contribution in [1.29, 1.82) is 0 Å². The molecule has 0 saturated carbocycles. The van der Waals surface area contributed by atoms with E-state index < -0.39 is 34.7 Å². The quantitative estimate of drug-likeness (QED) is 0.131. The van der Waals surface area contributed by atoms with Crippen LogP contribution in [0.15, 0.2) is 58.1 Å². The smallest absolute Gasteiger partial charge is 0.335 e. The minimum absolute atomic E-state index is 0.0150. The van der Waals surface area contributed by atoms with E-state index in [-0.39, 0.29) is 52.3 Å². The second kappa shape index (κ2) is 11.4. The number of imidazole rings is 1. The van der Waals surface area contributed by atoms with Crippen LogP contribution >= 0.6 is 0 Å². The molecule has 3 heterocycles. The van der Waals surface area contributed by atoms with Crippen molar-refractivity contribution in [2.45, 2.75) is 32.5 Å². The summed E-state index contributed by atoms with van der Waals surface area (Å²) in [6, 6.07) is 12.6. The molecular weight excluding hydrogens is 594 g/mol. The van der Waals surface area contributed by atoms with Gasteiger partial charge in [0.05, 0.1) is 11.6 Å². The van der Waals surface area contributed by atoms with E-state index in [2.05, 4.69) is 20.6 Å². The maximum atomic E-state index is 13.5. The normalized spacial score (nSPS) is 13.4. The van der Waals surface area contributed by atoms with Gasteiger partial charge in [-0.15, -0.1) is 0 Å². The van der Waals surface area contributed by atoms with Crippen LogP contribution in [0.4, 0.5) is 23.1 Å². The highest BCUT2D eigenvalue weighted by Gasteiger charge is 2.27. The number of aromatic nitrogens is 3.